The lowest BCUT2D eigenvalue weighted by Gasteiger charge is -2.13. The van der Waals surface area contributed by atoms with Crippen molar-refractivity contribution >= 4 is 0 Å². The first-order valence-corrected chi connectivity index (χ1v) is 5.14. The first-order chi connectivity index (χ1) is 7.41. The molecule has 1 N–H and O–H groups in total. The Bertz CT molecular complexity index is 334. The third kappa shape index (κ3) is 3.81. The van der Waals surface area contributed by atoms with Gasteiger partial charge in [-0.2, -0.15) is 13.2 Å². The zero-order chi connectivity index (χ0) is 12.2. The smallest absolute Gasteiger partial charge is 0.314 e. The van der Waals surface area contributed by atoms with Crippen molar-refractivity contribution in [2.75, 3.05) is 6.54 Å². The second-order valence-electron chi connectivity index (χ2n) is 3.89. The minimum absolute atomic E-state index is 0.239. The van der Waals surface area contributed by atoms with Crippen LogP contribution in [0, 0.1) is 0 Å². The number of pyridine rings is 1. The van der Waals surface area contributed by atoms with Crippen molar-refractivity contribution in [3.8, 4) is 0 Å². The van der Waals surface area contributed by atoms with Crippen LogP contribution >= 0.6 is 0 Å². The Hall–Kier alpha value is -1.10. The summed E-state index contributed by atoms with van der Waals surface area (Å²) in [6, 6.07) is 1.29. The number of hydrogen-bond donors (Lipinski definition) is 1. The molecule has 0 aliphatic heterocycles. The molecule has 1 rings (SSSR count). The summed E-state index contributed by atoms with van der Waals surface area (Å²) in [5, 5.41) is 3.08. The molecule has 1 aromatic heterocycles. The van der Waals surface area contributed by atoms with Gasteiger partial charge in [-0.1, -0.05) is 13.8 Å². The Morgan fingerprint density at radius 3 is 2.62 bits per heavy atom. The molecule has 0 atom stereocenters. The summed E-state index contributed by atoms with van der Waals surface area (Å²) < 4.78 is 37.8. The van der Waals surface area contributed by atoms with Crippen LogP contribution in [0.15, 0.2) is 18.5 Å². The molecule has 1 aromatic rings. The number of alkyl halides is 3. The molecule has 1 heterocycles. The van der Waals surface area contributed by atoms with Crippen LogP contribution in [0.5, 0.6) is 0 Å². The predicted octanol–water partition coefficient (Wildman–Crippen LogP) is 2.64. The van der Waals surface area contributed by atoms with E-state index in [0.29, 0.717) is 13.0 Å². The monoisotopic (exact) mass is 232 g/mol. The zero-order valence-electron chi connectivity index (χ0n) is 9.30. The predicted molar refractivity (Wildman–Crippen MR) is 56.1 cm³/mol. The standard InChI is InChI=1S/C11H15F3N2/c1-8(2)16-6-3-9-7-15-5-4-10(9)11(12,13)14/h4-5,7-8,16H,3,6H2,1-2H3. The molecule has 90 valence electrons. The number of nitrogens with one attached hydrogen (secondary N) is 1. The number of halogens is 3. The molecular formula is C11H15F3N2. The van der Waals surface area contributed by atoms with E-state index in [4.69, 9.17) is 0 Å². The Morgan fingerprint density at radius 2 is 2.06 bits per heavy atom. The van der Waals surface area contributed by atoms with Crippen LogP contribution < -0.4 is 5.32 Å². The van der Waals surface area contributed by atoms with Gasteiger partial charge in [0.2, 0.25) is 0 Å². The Balaban J connectivity index is 2.72. The van der Waals surface area contributed by atoms with E-state index in [1.807, 2.05) is 13.8 Å². The lowest BCUT2D eigenvalue weighted by atomic mass is 10.1. The van der Waals surface area contributed by atoms with Crippen molar-refractivity contribution in [2.45, 2.75) is 32.5 Å². The van der Waals surface area contributed by atoms with Gasteiger partial charge in [-0.3, -0.25) is 4.98 Å². The first-order valence-electron chi connectivity index (χ1n) is 5.14. The minimum Gasteiger partial charge on any atom is -0.314 e. The number of hydrogen-bond acceptors (Lipinski definition) is 2. The molecule has 0 aliphatic carbocycles. The quantitative estimate of drug-likeness (QED) is 0.863. The maximum atomic E-state index is 12.6. The summed E-state index contributed by atoms with van der Waals surface area (Å²) in [5.41, 5.74) is -0.351. The van der Waals surface area contributed by atoms with Crippen molar-refractivity contribution < 1.29 is 13.2 Å². The van der Waals surface area contributed by atoms with Gasteiger partial charge in [0.15, 0.2) is 0 Å². The lowest BCUT2D eigenvalue weighted by molar-refractivity contribution is -0.138. The highest BCUT2D eigenvalue weighted by Gasteiger charge is 2.32. The van der Waals surface area contributed by atoms with Gasteiger partial charge in [0.05, 0.1) is 5.56 Å². The van der Waals surface area contributed by atoms with Crippen LogP contribution in [-0.4, -0.2) is 17.6 Å². The molecule has 0 fully saturated rings. The summed E-state index contributed by atoms with van der Waals surface area (Å²) in [4.78, 5) is 3.73. The summed E-state index contributed by atoms with van der Waals surface area (Å²) in [7, 11) is 0. The largest absolute Gasteiger partial charge is 0.416 e. The third-order valence-corrected chi connectivity index (χ3v) is 2.16. The average molecular weight is 232 g/mol. The first kappa shape index (κ1) is 13.0. The van der Waals surface area contributed by atoms with Crippen LogP contribution in [0.2, 0.25) is 0 Å². The van der Waals surface area contributed by atoms with Crippen molar-refractivity contribution in [2.24, 2.45) is 0 Å². The summed E-state index contributed by atoms with van der Waals surface area (Å²) in [5.74, 6) is 0. The van der Waals surface area contributed by atoms with Gasteiger partial charge in [-0.25, -0.2) is 0 Å². The average Bonchev–Trinajstić information content (AvgIpc) is 2.16. The van der Waals surface area contributed by atoms with Gasteiger partial charge in [0.25, 0.3) is 0 Å². The van der Waals surface area contributed by atoms with E-state index in [0.717, 1.165) is 6.07 Å². The van der Waals surface area contributed by atoms with Crippen LogP contribution in [0.1, 0.15) is 25.0 Å². The number of rotatable bonds is 4. The topological polar surface area (TPSA) is 24.9 Å². The second kappa shape index (κ2) is 5.30. The van der Waals surface area contributed by atoms with Crippen molar-refractivity contribution in [3.05, 3.63) is 29.6 Å². The Kier molecular flexibility index (Phi) is 4.29. The summed E-state index contributed by atoms with van der Waals surface area (Å²) >= 11 is 0. The third-order valence-electron chi connectivity index (χ3n) is 2.16. The van der Waals surface area contributed by atoms with Gasteiger partial charge in [-0.15, -0.1) is 0 Å². The van der Waals surface area contributed by atoms with Gasteiger partial charge in [-0.05, 0) is 24.6 Å². The highest BCUT2D eigenvalue weighted by atomic mass is 19.4. The molecule has 0 unspecified atom stereocenters. The summed E-state index contributed by atoms with van der Waals surface area (Å²) in [6.07, 6.45) is -1.51. The van der Waals surface area contributed by atoms with E-state index in [9.17, 15) is 13.2 Å². The molecule has 0 bridgehead atoms. The second-order valence-corrected chi connectivity index (χ2v) is 3.89. The van der Waals surface area contributed by atoms with Crippen molar-refractivity contribution in [1.82, 2.24) is 10.3 Å². The highest BCUT2D eigenvalue weighted by molar-refractivity contribution is 5.26. The van der Waals surface area contributed by atoms with Crippen LogP contribution in [-0.2, 0) is 12.6 Å². The highest BCUT2D eigenvalue weighted by Crippen LogP contribution is 2.31. The van der Waals surface area contributed by atoms with E-state index >= 15 is 0 Å². The maximum Gasteiger partial charge on any atom is 0.416 e. The van der Waals surface area contributed by atoms with Crippen LogP contribution in [0.4, 0.5) is 13.2 Å². The van der Waals surface area contributed by atoms with E-state index in [1.54, 1.807) is 0 Å². The van der Waals surface area contributed by atoms with E-state index in [-0.39, 0.29) is 11.6 Å². The van der Waals surface area contributed by atoms with E-state index in [2.05, 4.69) is 10.3 Å². The molecule has 0 saturated carbocycles. The van der Waals surface area contributed by atoms with Crippen LogP contribution in [0.3, 0.4) is 0 Å². The van der Waals surface area contributed by atoms with E-state index < -0.39 is 11.7 Å². The summed E-state index contributed by atoms with van der Waals surface area (Å²) in [6.45, 7) is 4.42. The number of nitrogens with zero attached hydrogens (tertiary/aromatic N) is 1. The van der Waals surface area contributed by atoms with Crippen molar-refractivity contribution in [1.29, 1.82) is 0 Å². The molecule has 0 aromatic carbocycles. The molecule has 0 radical (unpaired) electrons. The molecule has 2 nitrogen and oxygen atoms in total. The molecule has 5 heteroatoms. The van der Waals surface area contributed by atoms with Gasteiger partial charge >= 0.3 is 6.18 Å². The SMILES string of the molecule is CC(C)NCCc1cnccc1C(F)(F)F. The fraction of sp³-hybridized carbons (Fsp3) is 0.545. The van der Waals surface area contributed by atoms with Crippen molar-refractivity contribution in [3.63, 3.8) is 0 Å². The van der Waals surface area contributed by atoms with Crippen LogP contribution in [0.25, 0.3) is 0 Å². The molecule has 16 heavy (non-hydrogen) atoms. The fourth-order valence-corrected chi connectivity index (χ4v) is 1.40. The fourth-order valence-electron chi connectivity index (χ4n) is 1.40. The lowest BCUT2D eigenvalue weighted by Crippen LogP contribution is -2.25. The zero-order valence-corrected chi connectivity index (χ0v) is 9.30. The number of aromatic nitrogens is 1. The normalized spacial score (nSPS) is 12.1. The van der Waals surface area contributed by atoms with Gasteiger partial charge in [0, 0.05) is 18.4 Å². The molecule has 0 aliphatic rings. The minimum atomic E-state index is -4.30. The molecule has 0 spiro atoms. The molecular weight excluding hydrogens is 217 g/mol. The molecule has 0 amide bonds. The Morgan fingerprint density at radius 1 is 1.38 bits per heavy atom. The van der Waals surface area contributed by atoms with Gasteiger partial charge in [0.1, 0.15) is 0 Å². The maximum absolute atomic E-state index is 12.6. The Labute approximate surface area is 92.9 Å². The van der Waals surface area contributed by atoms with Gasteiger partial charge < -0.3 is 5.32 Å². The molecule has 0 saturated heterocycles. The van der Waals surface area contributed by atoms with E-state index in [1.165, 1.54) is 12.4 Å².